The summed E-state index contributed by atoms with van der Waals surface area (Å²) in [6.45, 7) is 3.01. The second-order valence-electron chi connectivity index (χ2n) is 4.32. The van der Waals surface area contributed by atoms with Gasteiger partial charge < -0.3 is 14.5 Å². The van der Waals surface area contributed by atoms with E-state index in [4.69, 9.17) is 9.15 Å². The van der Waals surface area contributed by atoms with Crippen LogP contribution in [-0.2, 0) is 6.42 Å². The van der Waals surface area contributed by atoms with Crippen molar-refractivity contribution in [2.75, 3.05) is 13.7 Å². The fraction of sp³-hybridized carbons (Fsp3) is 0.333. The van der Waals surface area contributed by atoms with Crippen LogP contribution >= 0.6 is 15.9 Å². The first-order valence-electron chi connectivity index (χ1n) is 6.33. The average molecular weight is 324 g/mol. The Morgan fingerprint density at radius 3 is 2.84 bits per heavy atom. The maximum atomic E-state index is 5.33. The van der Waals surface area contributed by atoms with Gasteiger partial charge in [0.05, 0.1) is 13.4 Å². The van der Waals surface area contributed by atoms with Gasteiger partial charge >= 0.3 is 0 Å². The zero-order chi connectivity index (χ0) is 13.7. The lowest BCUT2D eigenvalue weighted by atomic mass is 10.0. The van der Waals surface area contributed by atoms with Crippen molar-refractivity contribution in [1.29, 1.82) is 0 Å². The van der Waals surface area contributed by atoms with E-state index in [2.05, 4.69) is 40.3 Å². The van der Waals surface area contributed by atoms with Gasteiger partial charge in [-0.15, -0.1) is 0 Å². The fourth-order valence-corrected chi connectivity index (χ4v) is 2.64. The number of benzene rings is 1. The molecule has 1 N–H and O–H groups in total. The van der Waals surface area contributed by atoms with Gasteiger partial charge in [0.25, 0.3) is 0 Å². The minimum Gasteiger partial charge on any atom is -0.497 e. The van der Waals surface area contributed by atoms with E-state index in [1.54, 1.807) is 13.4 Å². The highest BCUT2D eigenvalue weighted by atomic mass is 79.9. The monoisotopic (exact) mass is 323 g/mol. The molecule has 1 aromatic carbocycles. The highest BCUT2D eigenvalue weighted by molar-refractivity contribution is 9.10. The molecular formula is C15H18BrNO2. The maximum Gasteiger partial charge on any atom is 0.173 e. The molecule has 0 radical (unpaired) electrons. The second-order valence-corrected chi connectivity index (χ2v) is 5.04. The molecule has 0 saturated heterocycles. The number of hydrogen-bond acceptors (Lipinski definition) is 3. The minimum absolute atomic E-state index is 0.227. The standard InChI is InChI=1S/C15H18BrNO2/c1-3-17-14(13-7-8-19-15(13)16)10-11-5-4-6-12(9-11)18-2/h4-9,14,17H,3,10H2,1-2H3. The van der Waals surface area contributed by atoms with Crippen LogP contribution in [0.3, 0.4) is 0 Å². The molecule has 4 heteroatoms. The number of furan rings is 1. The lowest BCUT2D eigenvalue weighted by molar-refractivity contribution is 0.413. The van der Waals surface area contributed by atoms with Crippen LogP contribution in [0, 0.1) is 0 Å². The van der Waals surface area contributed by atoms with Crippen molar-refractivity contribution in [1.82, 2.24) is 5.32 Å². The summed E-state index contributed by atoms with van der Waals surface area (Å²) in [5, 5.41) is 3.48. The fourth-order valence-electron chi connectivity index (χ4n) is 2.13. The van der Waals surface area contributed by atoms with E-state index < -0.39 is 0 Å². The molecule has 0 bridgehead atoms. The molecule has 0 aliphatic heterocycles. The first-order valence-corrected chi connectivity index (χ1v) is 7.13. The van der Waals surface area contributed by atoms with Gasteiger partial charge in [0.15, 0.2) is 4.67 Å². The van der Waals surface area contributed by atoms with E-state index in [0.29, 0.717) is 0 Å². The van der Waals surface area contributed by atoms with Crippen LogP contribution < -0.4 is 10.1 Å². The molecular weight excluding hydrogens is 306 g/mol. The summed E-state index contributed by atoms with van der Waals surface area (Å²) in [5.41, 5.74) is 2.38. The van der Waals surface area contributed by atoms with Crippen LogP contribution in [0.4, 0.5) is 0 Å². The van der Waals surface area contributed by atoms with E-state index >= 15 is 0 Å². The number of likely N-dealkylation sites (N-methyl/N-ethyl adjacent to an activating group) is 1. The Balaban J connectivity index is 2.18. The SMILES string of the molecule is CCNC(Cc1cccc(OC)c1)c1ccoc1Br. The lowest BCUT2D eigenvalue weighted by Gasteiger charge is -2.17. The molecule has 0 fully saturated rings. The summed E-state index contributed by atoms with van der Waals surface area (Å²) >= 11 is 3.45. The molecule has 1 heterocycles. The van der Waals surface area contributed by atoms with Crippen molar-refractivity contribution < 1.29 is 9.15 Å². The molecule has 0 aliphatic carbocycles. The largest absolute Gasteiger partial charge is 0.497 e. The molecule has 2 aromatic rings. The third-order valence-electron chi connectivity index (χ3n) is 3.05. The van der Waals surface area contributed by atoms with Crippen LogP contribution in [0.1, 0.15) is 24.1 Å². The van der Waals surface area contributed by atoms with E-state index in [9.17, 15) is 0 Å². The van der Waals surface area contributed by atoms with Gasteiger partial charge in [0.1, 0.15) is 5.75 Å². The molecule has 0 amide bonds. The first-order chi connectivity index (χ1) is 9.24. The quantitative estimate of drug-likeness (QED) is 0.874. The maximum absolute atomic E-state index is 5.33. The van der Waals surface area contributed by atoms with Crippen molar-refractivity contribution in [3.63, 3.8) is 0 Å². The molecule has 1 aromatic heterocycles. The number of hydrogen-bond donors (Lipinski definition) is 1. The number of ether oxygens (including phenoxy) is 1. The Kier molecular flexibility index (Phi) is 5.05. The number of nitrogens with one attached hydrogen (secondary N) is 1. The molecule has 19 heavy (non-hydrogen) atoms. The number of halogens is 1. The van der Waals surface area contributed by atoms with Crippen molar-refractivity contribution in [2.45, 2.75) is 19.4 Å². The summed E-state index contributed by atoms with van der Waals surface area (Å²) in [7, 11) is 1.69. The van der Waals surface area contributed by atoms with Gasteiger partial charge in [-0.3, -0.25) is 0 Å². The smallest absolute Gasteiger partial charge is 0.173 e. The van der Waals surface area contributed by atoms with Gasteiger partial charge in [0, 0.05) is 11.6 Å². The zero-order valence-electron chi connectivity index (χ0n) is 11.2. The lowest BCUT2D eigenvalue weighted by Crippen LogP contribution is -2.22. The van der Waals surface area contributed by atoms with Crippen molar-refractivity contribution in [3.8, 4) is 5.75 Å². The van der Waals surface area contributed by atoms with Crippen LogP contribution in [0.15, 0.2) is 45.7 Å². The average Bonchev–Trinajstić information content (AvgIpc) is 2.85. The molecule has 0 spiro atoms. The molecule has 0 saturated carbocycles. The van der Waals surface area contributed by atoms with Gasteiger partial charge in [-0.05, 0) is 52.7 Å². The highest BCUT2D eigenvalue weighted by Gasteiger charge is 2.16. The molecule has 2 rings (SSSR count). The third-order valence-corrected chi connectivity index (χ3v) is 3.69. The van der Waals surface area contributed by atoms with Crippen LogP contribution in [0.2, 0.25) is 0 Å². The molecule has 1 unspecified atom stereocenters. The normalized spacial score (nSPS) is 12.4. The predicted molar refractivity (Wildman–Crippen MR) is 79.5 cm³/mol. The van der Waals surface area contributed by atoms with E-state index in [-0.39, 0.29) is 6.04 Å². The summed E-state index contributed by atoms with van der Waals surface area (Å²) in [6, 6.07) is 10.4. The summed E-state index contributed by atoms with van der Waals surface area (Å²) in [5.74, 6) is 0.888. The Morgan fingerprint density at radius 1 is 1.37 bits per heavy atom. The highest BCUT2D eigenvalue weighted by Crippen LogP contribution is 2.28. The van der Waals surface area contributed by atoms with Gasteiger partial charge in [-0.1, -0.05) is 19.1 Å². The van der Waals surface area contributed by atoms with Gasteiger partial charge in [-0.2, -0.15) is 0 Å². The van der Waals surface area contributed by atoms with E-state index in [1.807, 2.05) is 18.2 Å². The summed E-state index contributed by atoms with van der Waals surface area (Å²) in [6.07, 6.45) is 2.60. The van der Waals surface area contributed by atoms with Crippen LogP contribution in [-0.4, -0.2) is 13.7 Å². The minimum atomic E-state index is 0.227. The summed E-state index contributed by atoms with van der Waals surface area (Å²) in [4.78, 5) is 0. The molecule has 102 valence electrons. The third kappa shape index (κ3) is 3.61. The van der Waals surface area contributed by atoms with Gasteiger partial charge in [0.2, 0.25) is 0 Å². The van der Waals surface area contributed by atoms with Gasteiger partial charge in [-0.25, -0.2) is 0 Å². The Bertz CT molecular complexity index is 524. The number of rotatable bonds is 6. The zero-order valence-corrected chi connectivity index (χ0v) is 12.7. The van der Waals surface area contributed by atoms with E-state index in [0.717, 1.165) is 28.9 Å². The predicted octanol–water partition coefficient (Wildman–Crippen LogP) is 3.94. The Hall–Kier alpha value is -1.26. The topological polar surface area (TPSA) is 34.4 Å². The molecule has 0 aliphatic rings. The Morgan fingerprint density at radius 2 is 2.21 bits per heavy atom. The summed E-state index contributed by atoms with van der Waals surface area (Å²) < 4.78 is 11.4. The first kappa shape index (κ1) is 14.2. The van der Waals surface area contributed by atoms with Crippen molar-refractivity contribution >= 4 is 15.9 Å². The van der Waals surface area contributed by atoms with E-state index in [1.165, 1.54) is 5.56 Å². The second kappa shape index (κ2) is 6.78. The number of methoxy groups -OCH3 is 1. The Labute approximate surface area is 122 Å². The van der Waals surface area contributed by atoms with Crippen LogP contribution in [0.25, 0.3) is 0 Å². The van der Waals surface area contributed by atoms with Crippen molar-refractivity contribution in [2.24, 2.45) is 0 Å². The molecule has 3 nitrogen and oxygen atoms in total. The van der Waals surface area contributed by atoms with Crippen molar-refractivity contribution in [3.05, 3.63) is 52.4 Å². The van der Waals surface area contributed by atoms with Crippen LogP contribution in [0.5, 0.6) is 5.75 Å². The molecule has 1 atom stereocenters.